The van der Waals surface area contributed by atoms with Gasteiger partial charge in [-0.05, 0) is 36.6 Å². The zero-order valence-electron chi connectivity index (χ0n) is 15.6. The lowest BCUT2D eigenvalue weighted by Gasteiger charge is -2.20. The van der Waals surface area contributed by atoms with Crippen molar-refractivity contribution in [1.82, 2.24) is 9.88 Å². The smallest absolute Gasteiger partial charge is 0.272 e. The second-order valence-corrected chi connectivity index (χ2v) is 6.40. The van der Waals surface area contributed by atoms with Crippen LogP contribution in [0.25, 0.3) is 0 Å². The van der Waals surface area contributed by atoms with Crippen LogP contribution in [0.1, 0.15) is 28.5 Å². The first-order valence-corrected chi connectivity index (χ1v) is 9.33. The third-order valence-corrected chi connectivity index (χ3v) is 4.45. The van der Waals surface area contributed by atoms with Crippen LogP contribution >= 0.6 is 0 Å². The average molecular weight is 359 g/mol. The molecule has 27 heavy (non-hydrogen) atoms. The molecule has 0 fully saturated rings. The number of anilines is 1. The molecule has 0 spiro atoms. The minimum atomic E-state index is -0.0443. The maximum absolute atomic E-state index is 12.7. The highest BCUT2D eigenvalue weighted by Crippen LogP contribution is 2.11. The number of benzene rings is 2. The fourth-order valence-corrected chi connectivity index (χ4v) is 2.91. The van der Waals surface area contributed by atoms with Crippen molar-refractivity contribution in [1.29, 1.82) is 0 Å². The van der Waals surface area contributed by atoms with E-state index >= 15 is 0 Å². The molecule has 0 saturated carbocycles. The van der Waals surface area contributed by atoms with Crippen molar-refractivity contribution in [3.8, 4) is 0 Å². The van der Waals surface area contributed by atoms with Crippen molar-refractivity contribution >= 4 is 11.6 Å². The Bertz CT molecular complexity index is 833. The first kappa shape index (κ1) is 18.6. The van der Waals surface area contributed by atoms with E-state index in [2.05, 4.69) is 22.4 Å². The minimum Gasteiger partial charge on any atom is -0.383 e. The van der Waals surface area contributed by atoms with Crippen LogP contribution in [-0.2, 0) is 13.0 Å². The Morgan fingerprint density at radius 1 is 0.926 bits per heavy atom. The molecular formula is C23H25N3O. The predicted molar refractivity (Wildman–Crippen MR) is 110 cm³/mol. The Morgan fingerprint density at radius 2 is 1.59 bits per heavy atom. The summed E-state index contributed by atoms with van der Waals surface area (Å²) in [5, 5.41) is 3.35. The monoisotopic (exact) mass is 359 g/mol. The number of hydrogen-bond acceptors (Lipinski definition) is 3. The molecule has 3 aromatic rings. The SMILES string of the molecule is CCN(Cc1ccccc1)C(=O)c1ccc(NCCc2ccccc2)cn1. The highest BCUT2D eigenvalue weighted by atomic mass is 16.2. The van der Waals surface area contributed by atoms with E-state index in [-0.39, 0.29) is 5.91 Å². The highest BCUT2D eigenvalue weighted by Gasteiger charge is 2.15. The molecule has 4 nitrogen and oxygen atoms in total. The molecule has 0 atom stereocenters. The first-order chi connectivity index (χ1) is 13.3. The summed E-state index contributed by atoms with van der Waals surface area (Å²) in [5.41, 5.74) is 3.81. The molecule has 0 bridgehead atoms. The fraction of sp³-hybridized carbons (Fsp3) is 0.217. The van der Waals surface area contributed by atoms with E-state index in [0.29, 0.717) is 18.8 Å². The average Bonchev–Trinajstić information content (AvgIpc) is 2.73. The van der Waals surface area contributed by atoms with Crippen LogP contribution in [0.4, 0.5) is 5.69 Å². The maximum atomic E-state index is 12.7. The molecule has 0 aliphatic carbocycles. The number of nitrogens with one attached hydrogen (secondary N) is 1. The van der Waals surface area contributed by atoms with Crippen LogP contribution in [0.15, 0.2) is 79.0 Å². The molecule has 0 saturated heterocycles. The van der Waals surface area contributed by atoms with Crippen molar-refractivity contribution < 1.29 is 4.79 Å². The van der Waals surface area contributed by atoms with Crippen molar-refractivity contribution in [3.63, 3.8) is 0 Å². The molecule has 1 heterocycles. The maximum Gasteiger partial charge on any atom is 0.272 e. The largest absolute Gasteiger partial charge is 0.383 e. The summed E-state index contributed by atoms with van der Waals surface area (Å²) in [5.74, 6) is -0.0443. The number of carbonyl (C=O) groups excluding carboxylic acids is 1. The number of rotatable bonds is 8. The summed E-state index contributed by atoms with van der Waals surface area (Å²) in [6, 6.07) is 24.1. The van der Waals surface area contributed by atoms with Crippen molar-refractivity contribution in [2.24, 2.45) is 0 Å². The second-order valence-electron chi connectivity index (χ2n) is 6.40. The summed E-state index contributed by atoms with van der Waals surface area (Å²) in [7, 11) is 0. The lowest BCUT2D eigenvalue weighted by molar-refractivity contribution is 0.0746. The first-order valence-electron chi connectivity index (χ1n) is 9.33. The van der Waals surface area contributed by atoms with Crippen LogP contribution < -0.4 is 5.32 Å². The van der Waals surface area contributed by atoms with Gasteiger partial charge in [0.05, 0.1) is 11.9 Å². The molecule has 4 heteroatoms. The van der Waals surface area contributed by atoms with Gasteiger partial charge in [-0.15, -0.1) is 0 Å². The van der Waals surface area contributed by atoms with Gasteiger partial charge in [-0.3, -0.25) is 4.79 Å². The fourth-order valence-electron chi connectivity index (χ4n) is 2.91. The van der Waals surface area contributed by atoms with Crippen molar-refractivity contribution in [2.75, 3.05) is 18.4 Å². The van der Waals surface area contributed by atoms with Gasteiger partial charge in [-0.2, -0.15) is 0 Å². The molecule has 1 aromatic heterocycles. The third-order valence-electron chi connectivity index (χ3n) is 4.45. The topological polar surface area (TPSA) is 45.2 Å². The van der Waals surface area contributed by atoms with Crippen molar-refractivity contribution in [2.45, 2.75) is 19.9 Å². The quantitative estimate of drug-likeness (QED) is 0.648. The van der Waals surface area contributed by atoms with Gasteiger partial charge in [0.25, 0.3) is 5.91 Å². The predicted octanol–water partition coefficient (Wildman–Crippen LogP) is 4.40. The number of carbonyl (C=O) groups is 1. The molecule has 0 radical (unpaired) electrons. The highest BCUT2D eigenvalue weighted by molar-refractivity contribution is 5.92. The Kier molecular flexibility index (Phi) is 6.58. The summed E-state index contributed by atoms with van der Waals surface area (Å²) in [4.78, 5) is 18.9. The molecular weight excluding hydrogens is 334 g/mol. The van der Waals surface area contributed by atoms with E-state index in [9.17, 15) is 4.79 Å². The zero-order chi connectivity index (χ0) is 18.9. The van der Waals surface area contributed by atoms with Gasteiger partial charge < -0.3 is 10.2 Å². The van der Waals surface area contributed by atoms with E-state index in [1.807, 2.05) is 61.5 Å². The standard InChI is InChI=1S/C23H25N3O/c1-2-26(18-20-11-7-4-8-12-20)23(27)22-14-13-21(17-25-22)24-16-15-19-9-5-3-6-10-19/h3-14,17,24H,2,15-16,18H2,1H3. The van der Waals surface area contributed by atoms with Crippen LogP contribution in [0.5, 0.6) is 0 Å². The molecule has 1 N–H and O–H groups in total. The zero-order valence-corrected chi connectivity index (χ0v) is 15.6. The van der Waals surface area contributed by atoms with Gasteiger partial charge in [0.1, 0.15) is 5.69 Å². The Morgan fingerprint density at radius 3 is 2.19 bits per heavy atom. The van der Waals surface area contributed by atoms with E-state index < -0.39 is 0 Å². The van der Waals surface area contributed by atoms with E-state index in [1.54, 1.807) is 17.2 Å². The Labute approximate surface area is 160 Å². The summed E-state index contributed by atoms with van der Waals surface area (Å²) in [6.45, 7) is 4.05. The number of nitrogens with zero attached hydrogens (tertiary/aromatic N) is 2. The number of pyridine rings is 1. The Hall–Kier alpha value is -3.14. The number of aromatic nitrogens is 1. The van der Waals surface area contributed by atoms with E-state index in [1.165, 1.54) is 5.56 Å². The number of amides is 1. The van der Waals surface area contributed by atoms with Crippen LogP contribution in [0.2, 0.25) is 0 Å². The lowest BCUT2D eigenvalue weighted by atomic mass is 10.1. The molecule has 2 aromatic carbocycles. The van der Waals surface area contributed by atoms with Crippen LogP contribution in [0.3, 0.4) is 0 Å². The third kappa shape index (κ3) is 5.42. The van der Waals surface area contributed by atoms with Gasteiger partial charge >= 0.3 is 0 Å². The van der Waals surface area contributed by atoms with Gasteiger partial charge in [0.2, 0.25) is 0 Å². The van der Waals surface area contributed by atoms with Gasteiger partial charge in [-0.25, -0.2) is 4.98 Å². The molecule has 3 rings (SSSR count). The van der Waals surface area contributed by atoms with Gasteiger partial charge in [-0.1, -0.05) is 60.7 Å². The Balaban J connectivity index is 1.56. The summed E-state index contributed by atoms with van der Waals surface area (Å²) in [6.07, 6.45) is 2.68. The molecule has 0 aliphatic rings. The lowest BCUT2D eigenvalue weighted by Crippen LogP contribution is -2.30. The molecule has 0 aliphatic heterocycles. The van der Waals surface area contributed by atoms with Crippen LogP contribution in [0, 0.1) is 0 Å². The van der Waals surface area contributed by atoms with Gasteiger partial charge in [0.15, 0.2) is 0 Å². The summed E-state index contributed by atoms with van der Waals surface area (Å²) < 4.78 is 0. The molecule has 1 amide bonds. The molecule has 138 valence electrons. The second kappa shape index (κ2) is 9.53. The van der Waals surface area contributed by atoms with Crippen LogP contribution in [-0.4, -0.2) is 28.9 Å². The van der Waals surface area contributed by atoms with Gasteiger partial charge in [0, 0.05) is 19.6 Å². The van der Waals surface area contributed by atoms with Crippen molar-refractivity contribution in [3.05, 3.63) is 95.8 Å². The normalized spacial score (nSPS) is 10.4. The minimum absolute atomic E-state index is 0.0443. The molecule has 0 unspecified atom stereocenters. The number of hydrogen-bond donors (Lipinski definition) is 1. The van der Waals surface area contributed by atoms with E-state index in [4.69, 9.17) is 0 Å². The summed E-state index contributed by atoms with van der Waals surface area (Å²) >= 11 is 0. The van der Waals surface area contributed by atoms with E-state index in [0.717, 1.165) is 24.2 Å².